The van der Waals surface area contributed by atoms with Gasteiger partial charge in [0.2, 0.25) is 0 Å². The van der Waals surface area contributed by atoms with Gasteiger partial charge in [0, 0.05) is 30.8 Å². The first-order chi connectivity index (χ1) is 12.0. The molecule has 0 radical (unpaired) electrons. The molecule has 25 heavy (non-hydrogen) atoms. The fourth-order valence-electron chi connectivity index (χ4n) is 3.64. The van der Waals surface area contributed by atoms with Gasteiger partial charge in [-0.15, -0.1) is 0 Å². The van der Waals surface area contributed by atoms with Crippen LogP contribution in [0.2, 0.25) is 0 Å². The Morgan fingerprint density at radius 1 is 1.16 bits per heavy atom. The lowest BCUT2D eigenvalue weighted by molar-refractivity contribution is -0.384. The van der Waals surface area contributed by atoms with Crippen molar-refractivity contribution >= 4 is 17.3 Å². The molecular formula is C18H24FN3O3. The van der Waals surface area contributed by atoms with Crippen LogP contribution in [0.3, 0.4) is 0 Å². The molecule has 1 aliphatic carbocycles. The number of nitrogens with one attached hydrogen (secondary N) is 1. The maximum absolute atomic E-state index is 13.2. The quantitative estimate of drug-likeness (QED) is 0.660. The van der Waals surface area contributed by atoms with Gasteiger partial charge in [-0.25, -0.2) is 4.39 Å². The predicted molar refractivity (Wildman–Crippen MR) is 93.6 cm³/mol. The van der Waals surface area contributed by atoms with Gasteiger partial charge < -0.3 is 10.2 Å². The Morgan fingerprint density at radius 3 is 2.48 bits per heavy atom. The summed E-state index contributed by atoms with van der Waals surface area (Å²) in [6.07, 6.45) is 5.29. The predicted octanol–water partition coefficient (Wildman–Crippen LogP) is 3.91. The molecule has 1 aromatic carbocycles. The molecule has 0 unspecified atom stereocenters. The van der Waals surface area contributed by atoms with E-state index in [1.807, 2.05) is 0 Å². The van der Waals surface area contributed by atoms with E-state index in [2.05, 4.69) is 5.32 Å². The molecule has 0 spiro atoms. The Balaban J connectivity index is 1.76. The molecule has 1 aromatic rings. The fraction of sp³-hybridized carbons (Fsp3) is 0.611. The van der Waals surface area contributed by atoms with Crippen LogP contribution in [-0.4, -0.2) is 41.0 Å². The molecular weight excluding hydrogens is 325 g/mol. The summed E-state index contributed by atoms with van der Waals surface area (Å²) in [7, 11) is 0. The van der Waals surface area contributed by atoms with Crippen LogP contribution in [0.1, 0.15) is 55.3 Å². The summed E-state index contributed by atoms with van der Waals surface area (Å²) in [4.78, 5) is 25.1. The number of halogens is 1. The van der Waals surface area contributed by atoms with E-state index in [9.17, 15) is 19.3 Å². The highest BCUT2D eigenvalue weighted by Crippen LogP contribution is 2.30. The Labute approximate surface area is 146 Å². The molecule has 6 nitrogen and oxygen atoms in total. The van der Waals surface area contributed by atoms with Gasteiger partial charge in [0.05, 0.1) is 4.92 Å². The topological polar surface area (TPSA) is 75.5 Å². The highest BCUT2D eigenvalue weighted by molar-refractivity contribution is 5.95. The van der Waals surface area contributed by atoms with Crippen LogP contribution >= 0.6 is 0 Å². The minimum Gasteiger partial charge on any atom is -0.377 e. The van der Waals surface area contributed by atoms with Crippen LogP contribution in [0, 0.1) is 10.1 Å². The molecule has 0 bridgehead atoms. The summed E-state index contributed by atoms with van der Waals surface area (Å²) in [6, 6.07) is 4.84. The van der Waals surface area contributed by atoms with Crippen molar-refractivity contribution in [2.24, 2.45) is 0 Å². The van der Waals surface area contributed by atoms with E-state index in [1.165, 1.54) is 12.5 Å². The molecule has 0 aromatic heterocycles. The molecule has 136 valence electrons. The zero-order chi connectivity index (χ0) is 17.8. The molecule has 1 aliphatic heterocycles. The third kappa shape index (κ3) is 4.27. The number of hydrogen-bond donors (Lipinski definition) is 1. The van der Waals surface area contributed by atoms with Crippen LogP contribution in [-0.2, 0) is 0 Å². The average molecular weight is 349 g/mol. The molecule has 0 atom stereocenters. The van der Waals surface area contributed by atoms with Crippen molar-refractivity contribution in [3.63, 3.8) is 0 Å². The molecule has 2 fully saturated rings. The van der Waals surface area contributed by atoms with E-state index in [0.717, 1.165) is 25.7 Å². The van der Waals surface area contributed by atoms with Crippen LogP contribution in [0.15, 0.2) is 18.2 Å². The SMILES string of the molecule is O=C(c1ccc(NC2CCCCC2)c([N+](=O)[O-])c1)N1CCC(F)CC1. The van der Waals surface area contributed by atoms with Gasteiger partial charge in [0.15, 0.2) is 0 Å². The van der Waals surface area contributed by atoms with Crippen molar-refractivity contribution in [2.45, 2.75) is 57.2 Å². The normalized spacial score (nSPS) is 19.6. The Hall–Kier alpha value is -2.18. The molecule has 2 aliphatic rings. The molecule has 1 N–H and O–H groups in total. The van der Waals surface area contributed by atoms with Crippen molar-refractivity contribution in [1.82, 2.24) is 4.90 Å². The summed E-state index contributed by atoms with van der Waals surface area (Å²) in [5.74, 6) is -0.265. The number of nitrogens with zero attached hydrogens (tertiary/aromatic N) is 2. The van der Waals surface area contributed by atoms with Crippen molar-refractivity contribution < 1.29 is 14.1 Å². The smallest absolute Gasteiger partial charge is 0.293 e. The highest BCUT2D eigenvalue weighted by atomic mass is 19.1. The summed E-state index contributed by atoms with van der Waals surface area (Å²) < 4.78 is 13.2. The zero-order valence-corrected chi connectivity index (χ0v) is 14.2. The van der Waals surface area contributed by atoms with E-state index in [1.54, 1.807) is 17.0 Å². The third-order valence-electron chi connectivity index (χ3n) is 5.12. The molecule has 3 rings (SSSR count). The van der Waals surface area contributed by atoms with Crippen LogP contribution < -0.4 is 5.32 Å². The second-order valence-corrected chi connectivity index (χ2v) is 6.94. The summed E-state index contributed by atoms with van der Waals surface area (Å²) >= 11 is 0. The second kappa shape index (κ2) is 7.80. The summed E-state index contributed by atoms with van der Waals surface area (Å²) in [5, 5.41) is 14.7. The second-order valence-electron chi connectivity index (χ2n) is 6.94. The number of amides is 1. The maximum Gasteiger partial charge on any atom is 0.293 e. The first kappa shape index (κ1) is 17.6. The largest absolute Gasteiger partial charge is 0.377 e. The molecule has 1 amide bonds. The van der Waals surface area contributed by atoms with Gasteiger partial charge in [-0.2, -0.15) is 0 Å². The van der Waals surface area contributed by atoms with Gasteiger partial charge in [0.1, 0.15) is 11.9 Å². The highest BCUT2D eigenvalue weighted by Gasteiger charge is 2.26. The van der Waals surface area contributed by atoms with Crippen LogP contribution in [0.5, 0.6) is 0 Å². The zero-order valence-electron chi connectivity index (χ0n) is 14.2. The fourth-order valence-corrected chi connectivity index (χ4v) is 3.64. The van der Waals surface area contributed by atoms with Crippen LogP contribution in [0.4, 0.5) is 15.8 Å². The van der Waals surface area contributed by atoms with Gasteiger partial charge in [0.25, 0.3) is 11.6 Å². The van der Waals surface area contributed by atoms with Gasteiger partial charge >= 0.3 is 0 Å². The van der Waals surface area contributed by atoms with Crippen molar-refractivity contribution in [1.29, 1.82) is 0 Å². The van der Waals surface area contributed by atoms with Gasteiger partial charge in [-0.1, -0.05) is 19.3 Å². The number of anilines is 1. The van der Waals surface area contributed by atoms with E-state index in [4.69, 9.17) is 0 Å². The van der Waals surface area contributed by atoms with Gasteiger partial charge in [-0.3, -0.25) is 14.9 Å². The first-order valence-electron chi connectivity index (χ1n) is 9.03. The number of alkyl halides is 1. The monoisotopic (exact) mass is 349 g/mol. The van der Waals surface area contributed by atoms with Crippen molar-refractivity contribution in [2.75, 3.05) is 18.4 Å². The average Bonchev–Trinajstić information content (AvgIpc) is 2.63. The minimum absolute atomic E-state index is 0.0724. The number of nitro benzene ring substituents is 1. The van der Waals surface area contributed by atoms with E-state index >= 15 is 0 Å². The molecule has 1 saturated carbocycles. The number of likely N-dealkylation sites (tertiary alicyclic amines) is 1. The minimum atomic E-state index is -0.861. The number of carbonyl (C=O) groups is 1. The summed E-state index contributed by atoms with van der Waals surface area (Å²) in [5.41, 5.74) is 0.686. The number of piperidine rings is 1. The maximum atomic E-state index is 13.2. The number of nitro groups is 1. The number of hydrogen-bond acceptors (Lipinski definition) is 4. The van der Waals surface area contributed by atoms with Crippen molar-refractivity contribution in [3.8, 4) is 0 Å². The van der Waals surface area contributed by atoms with E-state index < -0.39 is 11.1 Å². The standard InChI is InChI=1S/C18H24FN3O3/c19-14-8-10-21(11-9-14)18(23)13-6-7-16(17(12-13)22(24)25)20-15-4-2-1-3-5-15/h6-7,12,14-15,20H,1-5,8-11H2. The lowest BCUT2D eigenvalue weighted by Crippen LogP contribution is -2.39. The van der Waals surface area contributed by atoms with Crippen molar-refractivity contribution in [3.05, 3.63) is 33.9 Å². The molecule has 1 heterocycles. The Morgan fingerprint density at radius 2 is 1.84 bits per heavy atom. The lowest BCUT2D eigenvalue weighted by Gasteiger charge is -2.28. The number of benzene rings is 1. The number of rotatable bonds is 4. The van der Waals surface area contributed by atoms with Crippen LogP contribution in [0.25, 0.3) is 0 Å². The Kier molecular flexibility index (Phi) is 5.50. The molecule has 7 heteroatoms. The van der Waals surface area contributed by atoms with E-state index in [0.29, 0.717) is 37.2 Å². The molecule has 1 saturated heterocycles. The lowest BCUT2D eigenvalue weighted by atomic mass is 9.95. The van der Waals surface area contributed by atoms with Gasteiger partial charge in [-0.05, 0) is 37.8 Å². The first-order valence-corrected chi connectivity index (χ1v) is 9.03. The number of carbonyl (C=O) groups excluding carboxylic acids is 1. The van der Waals surface area contributed by atoms with E-state index in [-0.39, 0.29) is 17.6 Å². The summed E-state index contributed by atoms with van der Waals surface area (Å²) in [6.45, 7) is 0.714. The third-order valence-corrected chi connectivity index (χ3v) is 5.12. The Bertz CT molecular complexity index is 638.